The maximum Gasteiger partial charge on any atom is 0.235 e. The van der Waals surface area contributed by atoms with Gasteiger partial charge in [0.15, 0.2) is 0 Å². The Morgan fingerprint density at radius 2 is 1.86 bits per heavy atom. The molecule has 1 N–H and O–H groups in total. The Hall–Kier alpha value is -1.89. The van der Waals surface area contributed by atoms with Crippen molar-refractivity contribution in [3.8, 4) is 0 Å². The average Bonchev–Trinajstić information content (AvgIpc) is 2.60. The molecule has 2 aromatic rings. The zero-order valence-electron chi connectivity index (χ0n) is 16.7. The van der Waals surface area contributed by atoms with E-state index in [1.54, 1.807) is 24.3 Å². The van der Waals surface area contributed by atoms with Gasteiger partial charge in [0.2, 0.25) is 15.9 Å². The number of hydrogen-bond acceptors (Lipinski definition) is 3. The molecule has 0 aliphatic rings. The van der Waals surface area contributed by atoms with Crippen molar-refractivity contribution in [3.05, 3.63) is 69.7 Å². The first kappa shape index (κ1) is 22.4. The van der Waals surface area contributed by atoms with Gasteiger partial charge in [-0.3, -0.25) is 4.79 Å². The highest BCUT2D eigenvalue weighted by molar-refractivity contribution is 7.88. The summed E-state index contributed by atoms with van der Waals surface area (Å²) in [6.45, 7) is 5.81. The lowest BCUT2D eigenvalue weighted by Crippen LogP contribution is -2.41. The number of halogens is 1. The number of amides is 1. The Kier molecular flexibility index (Phi) is 7.63. The third kappa shape index (κ3) is 6.06. The Balaban J connectivity index is 2.15. The first-order valence-electron chi connectivity index (χ1n) is 9.16. The molecule has 152 valence electrons. The molecule has 0 heterocycles. The van der Waals surface area contributed by atoms with Gasteiger partial charge in [-0.25, -0.2) is 8.42 Å². The molecular formula is C21H27ClN2O3S. The summed E-state index contributed by atoms with van der Waals surface area (Å²) < 4.78 is 25.5. The van der Waals surface area contributed by atoms with Crippen molar-refractivity contribution in [3.63, 3.8) is 0 Å². The second-order valence-electron chi connectivity index (χ2n) is 7.01. The Bertz CT molecular complexity index is 944. The summed E-state index contributed by atoms with van der Waals surface area (Å²) in [5, 5.41) is 3.44. The summed E-state index contributed by atoms with van der Waals surface area (Å²) in [5.74, 6) is -0.343. The smallest absolute Gasteiger partial charge is 0.235 e. The summed E-state index contributed by atoms with van der Waals surface area (Å²) in [4.78, 5) is 12.6. The fraction of sp³-hybridized carbons (Fsp3) is 0.381. The summed E-state index contributed by atoms with van der Waals surface area (Å²) in [6, 6.07) is 12.9. The van der Waals surface area contributed by atoms with Gasteiger partial charge in [0.1, 0.15) is 0 Å². The molecule has 0 radical (unpaired) electrons. The third-order valence-corrected chi connectivity index (χ3v) is 6.20. The average molecular weight is 423 g/mol. The van der Waals surface area contributed by atoms with Crippen LogP contribution in [0.5, 0.6) is 0 Å². The Morgan fingerprint density at radius 3 is 2.43 bits per heavy atom. The molecule has 7 heteroatoms. The van der Waals surface area contributed by atoms with Crippen LogP contribution < -0.4 is 5.32 Å². The van der Waals surface area contributed by atoms with Crippen LogP contribution in [0.25, 0.3) is 0 Å². The normalized spacial score (nSPS) is 12.8. The molecule has 2 rings (SSSR count). The first-order valence-corrected chi connectivity index (χ1v) is 11.4. The van der Waals surface area contributed by atoms with Crippen molar-refractivity contribution in [2.24, 2.45) is 0 Å². The predicted molar refractivity (Wildman–Crippen MR) is 114 cm³/mol. The van der Waals surface area contributed by atoms with Crippen molar-refractivity contribution in [2.75, 3.05) is 12.8 Å². The molecule has 0 fully saturated rings. The molecule has 2 aromatic carbocycles. The van der Waals surface area contributed by atoms with Crippen LogP contribution in [0.1, 0.15) is 41.6 Å². The van der Waals surface area contributed by atoms with Gasteiger partial charge in [-0.1, -0.05) is 60.5 Å². The fourth-order valence-electron chi connectivity index (χ4n) is 3.12. The lowest BCUT2D eigenvalue weighted by atomic mass is 9.97. The van der Waals surface area contributed by atoms with Crippen molar-refractivity contribution in [1.29, 1.82) is 0 Å². The van der Waals surface area contributed by atoms with Gasteiger partial charge in [0.25, 0.3) is 0 Å². The monoisotopic (exact) mass is 422 g/mol. The van der Waals surface area contributed by atoms with Crippen molar-refractivity contribution in [1.82, 2.24) is 9.62 Å². The van der Waals surface area contributed by atoms with Crippen LogP contribution in [0, 0.1) is 13.8 Å². The molecule has 0 saturated carbocycles. The van der Waals surface area contributed by atoms with Gasteiger partial charge in [0, 0.05) is 11.6 Å². The largest absolute Gasteiger partial charge is 0.348 e. The van der Waals surface area contributed by atoms with E-state index >= 15 is 0 Å². The number of carbonyl (C=O) groups excluding carboxylic acids is 1. The summed E-state index contributed by atoms with van der Waals surface area (Å²) in [5.41, 5.74) is 3.95. The summed E-state index contributed by atoms with van der Waals surface area (Å²) in [6.07, 6.45) is 1.80. The number of hydrogen-bond donors (Lipinski definition) is 1. The van der Waals surface area contributed by atoms with E-state index in [0.717, 1.165) is 27.3 Å². The van der Waals surface area contributed by atoms with Gasteiger partial charge >= 0.3 is 0 Å². The van der Waals surface area contributed by atoms with E-state index in [1.807, 2.05) is 32.9 Å². The number of nitrogens with one attached hydrogen (secondary N) is 1. The number of aryl methyl sites for hydroxylation is 2. The second kappa shape index (κ2) is 9.54. The molecule has 0 unspecified atom stereocenters. The fourth-order valence-corrected chi connectivity index (χ4v) is 4.04. The SMILES string of the molecule is CC[C@H](NC(=O)CN(Cc1ccccc1Cl)S(C)(=O)=O)c1ccc(C)cc1C. The van der Waals surface area contributed by atoms with Gasteiger partial charge in [-0.15, -0.1) is 0 Å². The van der Waals surface area contributed by atoms with Gasteiger partial charge in [-0.05, 0) is 43.0 Å². The summed E-state index contributed by atoms with van der Waals surface area (Å²) >= 11 is 6.15. The van der Waals surface area contributed by atoms with E-state index < -0.39 is 10.0 Å². The zero-order chi connectivity index (χ0) is 20.9. The van der Waals surface area contributed by atoms with Gasteiger partial charge < -0.3 is 5.32 Å². The van der Waals surface area contributed by atoms with E-state index in [0.29, 0.717) is 17.0 Å². The summed E-state index contributed by atoms with van der Waals surface area (Å²) in [7, 11) is -3.58. The lowest BCUT2D eigenvalue weighted by Gasteiger charge is -2.24. The second-order valence-corrected chi connectivity index (χ2v) is 9.40. The predicted octanol–water partition coefficient (Wildman–Crippen LogP) is 3.99. The standard InChI is InChI=1S/C21H27ClN2O3S/c1-5-20(18-11-10-15(2)12-16(18)3)23-21(25)14-24(28(4,26)27)13-17-8-6-7-9-19(17)22/h6-12,20H,5,13-14H2,1-4H3,(H,23,25)/t20-/m0/s1. The Labute approximate surface area is 172 Å². The van der Waals surface area contributed by atoms with E-state index in [2.05, 4.69) is 11.4 Å². The molecule has 1 amide bonds. The van der Waals surface area contributed by atoms with Crippen LogP contribution in [-0.2, 0) is 21.4 Å². The van der Waals surface area contributed by atoms with Crippen LogP contribution in [0.15, 0.2) is 42.5 Å². The topological polar surface area (TPSA) is 66.5 Å². The first-order chi connectivity index (χ1) is 13.1. The molecule has 0 bridgehead atoms. The number of rotatable bonds is 8. The molecule has 0 aromatic heterocycles. The molecular weight excluding hydrogens is 396 g/mol. The molecule has 0 saturated heterocycles. The number of sulfonamides is 1. The number of benzene rings is 2. The van der Waals surface area contributed by atoms with E-state index in [4.69, 9.17) is 11.6 Å². The maximum absolute atomic E-state index is 12.6. The molecule has 0 spiro atoms. The highest BCUT2D eigenvalue weighted by atomic mass is 35.5. The molecule has 0 aliphatic heterocycles. The minimum atomic E-state index is -3.58. The van der Waals surface area contributed by atoms with Gasteiger partial charge in [-0.2, -0.15) is 4.31 Å². The minimum Gasteiger partial charge on any atom is -0.348 e. The van der Waals surface area contributed by atoms with E-state index in [-0.39, 0.29) is 25.0 Å². The quantitative estimate of drug-likeness (QED) is 0.699. The van der Waals surface area contributed by atoms with Crippen LogP contribution in [0.4, 0.5) is 0 Å². The van der Waals surface area contributed by atoms with Crippen molar-refractivity contribution >= 4 is 27.5 Å². The molecule has 0 aliphatic carbocycles. The molecule has 1 atom stereocenters. The van der Waals surface area contributed by atoms with Crippen LogP contribution in [-0.4, -0.2) is 31.4 Å². The lowest BCUT2D eigenvalue weighted by molar-refractivity contribution is -0.122. The van der Waals surface area contributed by atoms with Gasteiger partial charge in [0.05, 0.1) is 18.8 Å². The maximum atomic E-state index is 12.6. The number of carbonyl (C=O) groups is 1. The molecule has 28 heavy (non-hydrogen) atoms. The third-order valence-electron chi connectivity index (χ3n) is 4.64. The van der Waals surface area contributed by atoms with Crippen LogP contribution >= 0.6 is 11.6 Å². The number of nitrogens with zero attached hydrogens (tertiary/aromatic N) is 1. The molecule has 5 nitrogen and oxygen atoms in total. The van der Waals surface area contributed by atoms with Crippen LogP contribution in [0.2, 0.25) is 5.02 Å². The zero-order valence-corrected chi connectivity index (χ0v) is 18.3. The van der Waals surface area contributed by atoms with E-state index in [1.165, 1.54) is 0 Å². The highest BCUT2D eigenvalue weighted by Crippen LogP contribution is 2.22. The minimum absolute atomic E-state index is 0.0479. The van der Waals surface area contributed by atoms with Crippen molar-refractivity contribution < 1.29 is 13.2 Å². The van der Waals surface area contributed by atoms with Crippen molar-refractivity contribution in [2.45, 2.75) is 39.8 Å². The Morgan fingerprint density at radius 1 is 1.18 bits per heavy atom. The highest BCUT2D eigenvalue weighted by Gasteiger charge is 2.23. The van der Waals surface area contributed by atoms with E-state index in [9.17, 15) is 13.2 Å². The van der Waals surface area contributed by atoms with Crippen LogP contribution in [0.3, 0.4) is 0 Å².